The third kappa shape index (κ3) is 5.31. The molecule has 1 aromatic carbocycles. The molecule has 1 aliphatic rings. The van der Waals surface area contributed by atoms with E-state index in [2.05, 4.69) is 53.1 Å². The average molecular weight is 418 g/mol. The number of piperidine rings is 1. The summed E-state index contributed by atoms with van der Waals surface area (Å²) in [5.74, 6) is 2.01. The molecule has 158 valence electrons. The number of hydrogen-bond acceptors (Lipinski definition) is 6. The highest BCUT2D eigenvalue weighted by molar-refractivity contribution is 6.32. The Balaban J connectivity index is 1.87. The molecule has 0 atom stereocenters. The number of nitrogen functional groups attached to an aromatic ring is 1. The van der Waals surface area contributed by atoms with Crippen LogP contribution in [-0.2, 0) is 0 Å². The van der Waals surface area contributed by atoms with Gasteiger partial charge in [-0.25, -0.2) is 4.98 Å². The number of ether oxygens (including phenoxy) is 1. The van der Waals surface area contributed by atoms with E-state index in [-0.39, 0.29) is 11.9 Å². The van der Waals surface area contributed by atoms with Crippen molar-refractivity contribution in [1.29, 1.82) is 0 Å². The molecule has 0 bridgehead atoms. The molecule has 0 saturated carbocycles. The van der Waals surface area contributed by atoms with Gasteiger partial charge in [-0.1, -0.05) is 11.6 Å². The summed E-state index contributed by atoms with van der Waals surface area (Å²) < 4.78 is 6.13. The number of aromatic nitrogens is 2. The van der Waals surface area contributed by atoms with Crippen molar-refractivity contribution < 1.29 is 4.74 Å². The maximum absolute atomic E-state index is 6.13. The second-order valence-corrected chi connectivity index (χ2v) is 8.73. The van der Waals surface area contributed by atoms with Crippen LogP contribution in [-0.4, -0.2) is 40.1 Å². The molecule has 2 heterocycles. The molecular weight excluding hydrogens is 386 g/mol. The summed E-state index contributed by atoms with van der Waals surface area (Å²) in [6.07, 6.45) is 3.90. The van der Waals surface area contributed by atoms with Crippen LogP contribution in [0.1, 0.15) is 57.6 Å². The van der Waals surface area contributed by atoms with Crippen molar-refractivity contribution in [3.8, 4) is 5.75 Å². The summed E-state index contributed by atoms with van der Waals surface area (Å²) in [5.41, 5.74) is 9.26. The van der Waals surface area contributed by atoms with Gasteiger partial charge in [-0.2, -0.15) is 4.98 Å². The molecule has 7 heteroatoms. The van der Waals surface area contributed by atoms with Crippen molar-refractivity contribution >= 4 is 29.1 Å². The molecular formula is C22H32ClN5O. The van der Waals surface area contributed by atoms with Crippen molar-refractivity contribution in [1.82, 2.24) is 14.9 Å². The molecule has 0 spiro atoms. The highest BCUT2D eigenvalue weighted by Gasteiger charge is 2.24. The third-order valence-electron chi connectivity index (χ3n) is 5.45. The first kappa shape index (κ1) is 21.7. The Morgan fingerprint density at radius 3 is 2.48 bits per heavy atom. The van der Waals surface area contributed by atoms with Gasteiger partial charge in [0.25, 0.3) is 0 Å². The quantitative estimate of drug-likeness (QED) is 0.677. The zero-order valence-corrected chi connectivity index (χ0v) is 18.8. The number of benzene rings is 1. The van der Waals surface area contributed by atoms with E-state index < -0.39 is 0 Å². The molecule has 1 aliphatic heterocycles. The maximum atomic E-state index is 6.13. The first-order valence-electron chi connectivity index (χ1n) is 10.3. The Bertz CT molecular complexity index is 847. The van der Waals surface area contributed by atoms with Crippen molar-refractivity contribution in [2.45, 2.75) is 65.5 Å². The Morgan fingerprint density at radius 2 is 1.90 bits per heavy atom. The van der Waals surface area contributed by atoms with E-state index in [0.717, 1.165) is 24.5 Å². The van der Waals surface area contributed by atoms with Crippen molar-refractivity contribution in [2.75, 3.05) is 24.1 Å². The van der Waals surface area contributed by atoms with Gasteiger partial charge in [0.15, 0.2) is 0 Å². The van der Waals surface area contributed by atoms with E-state index in [1.54, 1.807) is 0 Å². The van der Waals surface area contributed by atoms with Gasteiger partial charge in [-0.3, -0.25) is 0 Å². The van der Waals surface area contributed by atoms with Crippen LogP contribution in [0.2, 0.25) is 5.02 Å². The molecule has 2 aromatic rings. The fourth-order valence-electron chi connectivity index (χ4n) is 3.88. The van der Waals surface area contributed by atoms with Gasteiger partial charge in [-0.15, -0.1) is 0 Å². The topological polar surface area (TPSA) is 76.3 Å². The van der Waals surface area contributed by atoms with Crippen LogP contribution in [0, 0.1) is 6.92 Å². The van der Waals surface area contributed by atoms with Gasteiger partial charge < -0.3 is 20.7 Å². The second-order valence-electron chi connectivity index (χ2n) is 8.33. The van der Waals surface area contributed by atoms with E-state index in [1.807, 2.05) is 13.8 Å². The highest BCUT2D eigenvalue weighted by Crippen LogP contribution is 2.38. The van der Waals surface area contributed by atoms with Gasteiger partial charge >= 0.3 is 0 Å². The summed E-state index contributed by atoms with van der Waals surface area (Å²) in [4.78, 5) is 11.0. The molecule has 1 saturated heterocycles. The van der Waals surface area contributed by atoms with E-state index in [1.165, 1.54) is 30.2 Å². The molecule has 6 nitrogen and oxygen atoms in total. The number of nitrogens with zero attached hydrogens (tertiary/aromatic N) is 3. The van der Waals surface area contributed by atoms with Crippen LogP contribution < -0.4 is 15.8 Å². The maximum Gasteiger partial charge on any atom is 0.229 e. The molecule has 1 fully saturated rings. The Labute approximate surface area is 178 Å². The van der Waals surface area contributed by atoms with Crippen molar-refractivity contribution in [3.63, 3.8) is 0 Å². The first-order chi connectivity index (χ1) is 13.7. The molecule has 0 aliphatic carbocycles. The number of nitrogens with one attached hydrogen (secondary N) is 1. The number of halogens is 1. The second kappa shape index (κ2) is 9.18. The van der Waals surface area contributed by atoms with E-state index >= 15 is 0 Å². The lowest BCUT2D eigenvalue weighted by Gasteiger charge is -2.35. The number of aryl methyl sites for hydroxylation is 1. The zero-order chi connectivity index (χ0) is 21.1. The Kier molecular flexibility index (Phi) is 6.85. The predicted octanol–water partition coefficient (Wildman–Crippen LogP) is 5.14. The molecule has 3 rings (SSSR count). The molecule has 1 aromatic heterocycles. The smallest absolute Gasteiger partial charge is 0.229 e. The lowest BCUT2D eigenvalue weighted by Crippen LogP contribution is -2.37. The minimum Gasteiger partial charge on any atom is -0.489 e. The minimum atomic E-state index is 0.0603. The summed E-state index contributed by atoms with van der Waals surface area (Å²) in [7, 11) is 0. The van der Waals surface area contributed by atoms with Gasteiger partial charge in [0.05, 0.1) is 18.0 Å². The van der Waals surface area contributed by atoms with Crippen LogP contribution in [0.4, 0.5) is 17.5 Å². The van der Waals surface area contributed by atoms with Crippen LogP contribution in [0.15, 0.2) is 18.3 Å². The Hall–Kier alpha value is -2.05. The number of hydrogen-bond donors (Lipinski definition) is 2. The van der Waals surface area contributed by atoms with Crippen molar-refractivity contribution in [2.24, 2.45) is 0 Å². The number of nitrogens with two attached hydrogens (primary N) is 1. The normalized spacial score (nSPS) is 15.9. The summed E-state index contributed by atoms with van der Waals surface area (Å²) in [6, 6.07) is 4.91. The summed E-state index contributed by atoms with van der Waals surface area (Å²) in [6.45, 7) is 13.0. The van der Waals surface area contributed by atoms with Gasteiger partial charge in [-0.05, 0) is 89.7 Å². The summed E-state index contributed by atoms with van der Waals surface area (Å²) in [5, 5.41) is 3.59. The van der Waals surface area contributed by atoms with Crippen molar-refractivity contribution in [3.05, 3.63) is 34.5 Å². The largest absolute Gasteiger partial charge is 0.489 e. The van der Waals surface area contributed by atoms with Crippen LogP contribution in [0.3, 0.4) is 0 Å². The highest BCUT2D eigenvalue weighted by atomic mass is 35.5. The monoisotopic (exact) mass is 417 g/mol. The molecule has 0 radical (unpaired) electrons. The predicted molar refractivity (Wildman–Crippen MR) is 120 cm³/mol. The van der Waals surface area contributed by atoms with E-state index in [0.29, 0.717) is 22.9 Å². The zero-order valence-electron chi connectivity index (χ0n) is 18.0. The first-order valence-corrected chi connectivity index (χ1v) is 10.7. The third-order valence-corrected chi connectivity index (χ3v) is 5.74. The van der Waals surface area contributed by atoms with Gasteiger partial charge in [0.1, 0.15) is 16.6 Å². The van der Waals surface area contributed by atoms with E-state index in [4.69, 9.17) is 22.1 Å². The summed E-state index contributed by atoms with van der Waals surface area (Å²) >= 11 is 5.94. The van der Waals surface area contributed by atoms with Crippen LogP contribution in [0.5, 0.6) is 5.75 Å². The molecule has 29 heavy (non-hydrogen) atoms. The molecule has 0 amide bonds. The van der Waals surface area contributed by atoms with Gasteiger partial charge in [0.2, 0.25) is 5.95 Å². The molecule has 0 unspecified atom stereocenters. The number of anilines is 3. The molecule has 3 N–H and O–H groups in total. The van der Waals surface area contributed by atoms with Gasteiger partial charge in [0, 0.05) is 6.04 Å². The van der Waals surface area contributed by atoms with Crippen LogP contribution in [0.25, 0.3) is 0 Å². The fraction of sp³-hybridized carbons (Fsp3) is 0.545. The standard InChI is InChI=1S/C22H32ClN5O/c1-13(2)28-8-6-16(7-9-28)17-11-20(29-14(3)4)19(10-15(17)5)26-22-25-12-18(23)21(24)27-22/h10-14,16H,6-9H2,1-5H3,(H3,24,25,26,27). The Morgan fingerprint density at radius 1 is 1.21 bits per heavy atom. The SMILES string of the molecule is Cc1cc(Nc2ncc(Cl)c(N)n2)c(OC(C)C)cc1C1CCN(C(C)C)CC1. The minimum absolute atomic E-state index is 0.0603. The lowest BCUT2D eigenvalue weighted by molar-refractivity contribution is 0.171. The van der Waals surface area contributed by atoms with E-state index in [9.17, 15) is 0 Å². The lowest BCUT2D eigenvalue weighted by atomic mass is 9.86. The van der Waals surface area contributed by atoms with Crippen LogP contribution >= 0.6 is 11.6 Å². The fourth-order valence-corrected chi connectivity index (χ4v) is 3.97. The average Bonchev–Trinajstić information content (AvgIpc) is 2.66. The number of likely N-dealkylation sites (tertiary alicyclic amines) is 1. The number of rotatable bonds is 6.